The number of allylic oxidation sites excluding steroid dienone is 5. The van der Waals surface area contributed by atoms with Gasteiger partial charge in [-0.2, -0.15) is 0 Å². The van der Waals surface area contributed by atoms with E-state index in [9.17, 15) is 0 Å². The van der Waals surface area contributed by atoms with Crippen LogP contribution >= 0.6 is 0 Å². The maximum atomic E-state index is 3.76. The first-order valence-electron chi connectivity index (χ1n) is 5.05. The lowest BCUT2D eigenvalue weighted by molar-refractivity contribution is 0.792. The zero-order valence-electron chi connectivity index (χ0n) is 10.0. The maximum absolute atomic E-state index is 3.76. The van der Waals surface area contributed by atoms with E-state index in [4.69, 9.17) is 0 Å². The highest BCUT2D eigenvalue weighted by atomic mass is 14.0. The molecule has 0 aliphatic carbocycles. The van der Waals surface area contributed by atoms with Crippen LogP contribution in [0.15, 0.2) is 36.0 Å². The zero-order chi connectivity index (χ0) is 10.9. The molecule has 0 heterocycles. The molecule has 84 valence electrons. The topological polar surface area (TPSA) is 0 Å². The third-order valence-corrected chi connectivity index (χ3v) is 1.51. The highest BCUT2D eigenvalue weighted by Gasteiger charge is 1.94. The van der Waals surface area contributed by atoms with Crippen LogP contribution in [0.25, 0.3) is 0 Å². The van der Waals surface area contributed by atoms with Crippen LogP contribution in [0.5, 0.6) is 0 Å². The summed E-state index contributed by atoms with van der Waals surface area (Å²) in [5.74, 6) is 0.572. The van der Waals surface area contributed by atoms with Crippen LogP contribution in [0, 0.1) is 5.92 Å². The first kappa shape index (κ1) is 18.9. The summed E-state index contributed by atoms with van der Waals surface area (Å²) < 4.78 is 0. The lowest BCUT2D eigenvalue weighted by atomic mass is 10.0. The van der Waals surface area contributed by atoms with E-state index in [-0.39, 0.29) is 7.43 Å². The van der Waals surface area contributed by atoms with Gasteiger partial charge in [-0.3, -0.25) is 0 Å². The van der Waals surface area contributed by atoms with Gasteiger partial charge >= 0.3 is 0 Å². The third kappa shape index (κ3) is 11.2. The first-order chi connectivity index (χ1) is 6.07. The van der Waals surface area contributed by atoms with Crippen LogP contribution < -0.4 is 0 Å². The molecule has 0 aromatic carbocycles. The second kappa shape index (κ2) is 12.2. The van der Waals surface area contributed by atoms with Gasteiger partial charge < -0.3 is 0 Å². The van der Waals surface area contributed by atoms with Crippen molar-refractivity contribution in [2.75, 3.05) is 0 Å². The van der Waals surface area contributed by atoms with Crippen molar-refractivity contribution in [3.63, 3.8) is 0 Å². The van der Waals surface area contributed by atoms with Gasteiger partial charge in [-0.25, -0.2) is 0 Å². The van der Waals surface area contributed by atoms with Crippen molar-refractivity contribution in [3.05, 3.63) is 36.0 Å². The Morgan fingerprint density at radius 2 is 1.50 bits per heavy atom. The van der Waals surface area contributed by atoms with E-state index in [1.54, 1.807) is 0 Å². The quantitative estimate of drug-likeness (QED) is 0.531. The van der Waals surface area contributed by atoms with E-state index in [1.165, 1.54) is 11.1 Å². The second-order valence-electron chi connectivity index (χ2n) is 3.27. The molecule has 0 atom stereocenters. The van der Waals surface area contributed by atoms with E-state index >= 15 is 0 Å². The van der Waals surface area contributed by atoms with Crippen LogP contribution in [-0.4, -0.2) is 0 Å². The normalized spacial score (nSPS) is 9.50. The monoisotopic (exact) mass is 196 g/mol. The van der Waals surface area contributed by atoms with Crippen molar-refractivity contribution in [2.24, 2.45) is 5.92 Å². The Kier molecular flexibility index (Phi) is 16.5. The van der Waals surface area contributed by atoms with E-state index < -0.39 is 0 Å². The minimum absolute atomic E-state index is 0. The van der Waals surface area contributed by atoms with Gasteiger partial charge in [0.2, 0.25) is 0 Å². The Hall–Kier alpha value is -0.780. The van der Waals surface area contributed by atoms with Gasteiger partial charge in [0.25, 0.3) is 0 Å². The van der Waals surface area contributed by atoms with Crippen molar-refractivity contribution < 1.29 is 0 Å². The van der Waals surface area contributed by atoms with Crippen LogP contribution in [0.4, 0.5) is 0 Å². The number of rotatable bonds is 3. The van der Waals surface area contributed by atoms with Crippen LogP contribution in [0.1, 0.15) is 49.0 Å². The fourth-order valence-electron chi connectivity index (χ4n) is 0.759. The van der Waals surface area contributed by atoms with Crippen molar-refractivity contribution in [2.45, 2.75) is 49.0 Å². The minimum atomic E-state index is 0. The summed E-state index contributed by atoms with van der Waals surface area (Å²) >= 11 is 0. The molecule has 0 spiro atoms. The van der Waals surface area contributed by atoms with Gasteiger partial charge in [0.15, 0.2) is 0 Å². The fraction of sp³-hybridized carbons (Fsp3) is 0.571. The second-order valence-corrected chi connectivity index (χ2v) is 3.27. The van der Waals surface area contributed by atoms with Crippen LogP contribution in [0.2, 0.25) is 0 Å². The van der Waals surface area contributed by atoms with Crippen LogP contribution in [0.3, 0.4) is 0 Å². The van der Waals surface area contributed by atoms with E-state index in [2.05, 4.69) is 46.4 Å². The van der Waals surface area contributed by atoms with Gasteiger partial charge in [-0.05, 0) is 25.3 Å². The summed E-state index contributed by atoms with van der Waals surface area (Å²) in [4.78, 5) is 0. The van der Waals surface area contributed by atoms with E-state index in [0.717, 1.165) is 0 Å². The van der Waals surface area contributed by atoms with Crippen molar-refractivity contribution in [1.82, 2.24) is 0 Å². The SMILES string of the molecule is C.C=C/C(=C\C=C(C)C)C(C)C.CC. The molecule has 0 saturated heterocycles. The number of hydrogen-bond donors (Lipinski definition) is 0. The summed E-state index contributed by atoms with van der Waals surface area (Å²) in [5.41, 5.74) is 2.62. The Morgan fingerprint density at radius 1 is 1.07 bits per heavy atom. The summed E-state index contributed by atoms with van der Waals surface area (Å²) in [6, 6.07) is 0. The molecule has 14 heavy (non-hydrogen) atoms. The molecule has 0 aromatic rings. The Bertz CT molecular complexity index is 176. The van der Waals surface area contributed by atoms with Gasteiger partial charge in [-0.1, -0.05) is 65.5 Å². The third-order valence-electron chi connectivity index (χ3n) is 1.51. The molecule has 0 aromatic heterocycles. The lowest BCUT2D eigenvalue weighted by Gasteiger charge is -2.03. The Balaban J connectivity index is -0.000000376. The fourth-order valence-corrected chi connectivity index (χ4v) is 0.759. The molecule has 0 radical (unpaired) electrons. The van der Waals surface area contributed by atoms with Crippen molar-refractivity contribution in [3.8, 4) is 0 Å². The smallest absolute Gasteiger partial charge is 0.0219 e. The molecule has 0 rings (SSSR count). The molecular formula is C14H28. The largest absolute Gasteiger partial charge is 0.0988 e. The summed E-state index contributed by atoms with van der Waals surface area (Å²) in [6.45, 7) is 16.3. The average Bonchev–Trinajstić information content (AvgIpc) is 2.08. The zero-order valence-corrected chi connectivity index (χ0v) is 10.0. The number of hydrogen-bond acceptors (Lipinski definition) is 0. The maximum Gasteiger partial charge on any atom is -0.0219 e. The molecule has 0 unspecified atom stereocenters. The summed E-state index contributed by atoms with van der Waals surface area (Å²) in [7, 11) is 0. The van der Waals surface area contributed by atoms with E-state index in [0.29, 0.717) is 5.92 Å². The molecule has 0 heteroatoms. The lowest BCUT2D eigenvalue weighted by Crippen LogP contribution is -1.88. The molecule has 0 fully saturated rings. The molecule has 0 aliphatic heterocycles. The molecule has 0 N–H and O–H groups in total. The average molecular weight is 196 g/mol. The first-order valence-corrected chi connectivity index (χ1v) is 5.05. The predicted octanol–water partition coefficient (Wildman–Crippen LogP) is 5.38. The molecule has 0 saturated carbocycles. The molecular weight excluding hydrogens is 168 g/mol. The minimum Gasteiger partial charge on any atom is -0.0988 e. The highest BCUT2D eigenvalue weighted by molar-refractivity contribution is 5.24. The van der Waals surface area contributed by atoms with Crippen molar-refractivity contribution in [1.29, 1.82) is 0 Å². The van der Waals surface area contributed by atoms with Gasteiger partial charge in [0.05, 0.1) is 0 Å². The predicted molar refractivity (Wildman–Crippen MR) is 70.6 cm³/mol. The van der Waals surface area contributed by atoms with Gasteiger partial charge in [0.1, 0.15) is 0 Å². The van der Waals surface area contributed by atoms with Crippen molar-refractivity contribution >= 4 is 0 Å². The Labute approximate surface area is 91.4 Å². The molecule has 0 amide bonds. The molecule has 0 bridgehead atoms. The van der Waals surface area contributed by atoms with Gasteiger partial charge in [0, 0.05) is 0 Å². The molecule has 0 nitrogen and oxygen atoms in total. The summed E-state index contributed by atoms with van der Waals surface area (Å²) in [5, 5.41) is 0. The van der Waals surface area contributed by atoms with E-state index in [1.807, 2.05) is 19.9 Å². The molecule has 0 aliphatic rings. The highest BCUT2D eigenvalue weighted by Crippen LogP contribution is 2.10. The Morgan fingerprint density at radius 3 is 1.71 bits per heavy atom. The standard InChI is InChI=1S/C11H18.C2H6.CH4/c1-6-11(10(4)5)8-7-9(2)3;1-2;/h6-8,10H,1H2,2-5H3;1-2H3;1H4/b11-8+;;. The van der Waals surface area contributed by atoms with Gasteiger partial charge in [-0.15, -0.1) is 0 Å². The summed E-state index contributed by atoms with van der Waals surface area (Å²) in [6.07, 6.45) is 6.17. The van der Waals surface area contributed by atoms with Crippen LogP contribution in [-0.2, 0) is 0 Å².